The Labute approximate surface area is 184 Å². The average Bonchev–Trinajstić information content (AvgIpc) is 2.78. The van der Waals surface area contributed by atoms with Crippen LogP contribution >= 0.6 is 0 Å². The predicted molar refractivity (Wildman–Crippen MR) is 119 cm³/mol. The number of carbonyl (C=O) groups is 1. The summed E-state index contributed by atoms with van der Waals surface area (Å²) in [5.41, 5.74) is 0. The fourth-order valence-corrected chi connectivity index (χ4v) is 4.97. The molecule has 0 saturated carbocycles. The van der Waals surface area contributed by atoms with Crippen LogP contribution in [0.1, 0.15) is 32.6 Å². The summed E-state index contributed by atoms with van der Waals surface area (Å²) in [4.78, 5) is 12.5. The summed E-state index contributed by atoms with van der Waals surface area (Å²) in [6.07, 6.45) is 2.22. The smallest absolute Gasteiger partial charge is 0.243 e. The standard InChI is InChI=1S/C23H30N2O5S/c1-2-29-21-10-12-22(13-11-21)31(27,28)25-16-14-19(15-17-25)24-23(26)9-6-18-30-20-7-4-3-5-8-20/h3-5,7-8,10-13,19H,2,6,9,14-18H2,1H3,(H,24,26). The van der Waals surface area contributed by atoms with E-state index in [1.54, 1.807) is 24.3 Å². The molecule has 1 N–H and O–H groups in total. The molecule has 8 heteroatoms. The van der Waals surface area contributed by atoms with E-state index in [1.165, 1.54) is 4.31 Å². The summed E-state index contributed by atoms with van der Waals surface area (Å²) < 4.78 is 38.2. The molecule has 1 aliphatic heterocycles. The Morgan fingerprint density at radius 1 is 1.00 bits per heavy atom. The molecule has 0 atom stereocenters. The van der Waals surface area contributed by atoms with E-state index in [9.17, 15) is 13.2 Å². The lowest BCUT2D eigenvalue weighted by molar-refractivity contribution is -0.122. The molecule has 7 nitrogen and oxygen atoms in total. The molecule has 0 radical (unpaired) electrons. The number of carbonyl (C=O) groups excluding carboxylic acids is 1. The lowest BCUT2D eigenvalue weighted by atomic mass is 10.1. The van der Waals surface area contributed by atoms with Crippen molar-refractivity contribution in [2.45, 2.75) is 43.5 Å². The molecule has 2 aromatic carbocycles. The zero-order chi connectivity index (χ0) is 22.1. The maximum absolute atomic E-state index is 12.9. The van der Waals surface area contributed by atoms with Gasteiger partial charge in [-0.15, -0.1) is 0 Å². The van der Waals surface area contributed by atoms with E-state index in [4.69, 9.17) is 9.47 Å². The number of piperidine rings is 1. The van der Waals surface area contributed by atoms with Gasteiger partial charge in [-0.3, -0.25) is 4.79 Å². The van der Waals surface area contributed by atoms with Gasteiger partial charge in [-0.2, -0.15) is 4.31 Å². The fraction of sp³-hybridized carbons (Fsp3) is 0.435. The highest BCUT2D eigenvalue weighted by Crippen LogP contribution is 2.23. The number of para-hydroxylation sites is 1. The average molecular weight is 447 g/mol. The van der Waals surface area contributed by atoms with E-state index in [1.807, 2.05) is 37.3 Å². The summed E-state index contributed by atoms with van der Waals surface area (Å²) in [6.45, 7) is 3.67. The Morgan fingerprint density at radius 2 is 1.65 bits per heavy atom. The van der Waals surface area contributed by atoms with Crippen LogP contribution in [-0.2, 0) is 14.8 Å². The number of hydrogen-bond acceptors (Lipinski definition) is 5. The number of benzene rings is 2. The topological polar surface area (TPSA) is 84.9 Å². The molecular formula is C23H30N2O5S. The van der Waals surface area contributed by atoms with Crippen LogP contribution in [-0.4, -0.2) is 51.0 Å². The molecule has 1 amide bonds. The van der Waals surface area contributed by atoms with Crippen LogP contribution in [0, 0.1) is 0 Å². The second-order valence-corrected chi connectivity index (χ2v) is 9.35. The second-order valence-electron chi connectivity index (χ2n) is 7.42. The molecule has 0 bridgehead atoms. The van der Waals surface area contributed by atoms with Crippen molar-refractivity contribution in [2.24, 2.45) is 0 Å². The maximum Gasteiger partial charge on any atom is 0.243 e. The Morgan fingerprint density at radius 3 is 2.29 bits per heavy atom. The molecule has 0 unspecified atom stereocenters. The van der Waals surface area contributed by atoms with Crippen molar-refractivity contribution < 1.29 is 22.7 Å². The first-order valence-electron chi connectivity index (χ1n) is 10.7. The molecule has 2 aromatic rings. The van der Waals surface area contributed by atoms with E-state index in [0.29, 0.717) is 57.7 Å². The van der Waals surface area contributed by atoms with Crippen LogP contribution in [0.3, 0.4) is 0 Å². The van der Waals surface area contributed by atoms with Gasteiger partial charge in [0.15, 0.2) is 0 Å². The molecule has 168 valence electrons. The molecular weight excluding hydrogens is 416 g/mol. The largest absolute Gasteiger partial charge is 0.494 e. The van der Waals surface area contributed by atoms with E-state index >= 15 is 0 Å². The number of ether oxygens (including phenoxy) is 2. The Bertz CT molecular complexity index is 924. The van der Waals surface area contributed by atoms with E-state index in [0.717, 1.165) is 5.75 Å². The van der Waals surface area contributed by atoms with E-state index in [2.05, 4.69) is 5.32 Å². The molecule has 0 aliphatic carbocycles. The van der Waals surface area contributed by atoms with Crippen molar-refractivity contribution in [1.82, 2.24) is 9.62 Å². The summed E-state index contributed by atoms with van der Waals surface area (Å²) in [5.74, 6) is 1.42. The minimum Gasteiger partial charge on any atom is -0.494 e. The van der Waals surface area contributed by atoms with E-state index in [-0.39, 0.29) is 16.8 Å². The molecule has 1 saturated heterocycles. The van der Waals surface area contributed by atoms with Crippen molar-refractivity contribution in [3.63, 3.8) is 0 Å². The van der Waals surface area contributed by atoms with Crippen molar-refractivity contribution in [1.29, 1.82) is 0 Å². The first kappa shape index (κ1) is 23.1. The molecule has 0 spiro atoms. The Hall–Kier alpha value is -2.58. The number of rotatable bonds is 10. The van der Waals surface area contributed by atoms with Crippen LogP contribution in [0.15, 0.2) is 59.5 Å². The van der Waals surface area contributed by atoms with Gasteiger partial charge in [-0.05, 0) is 62.6 Å². The number of nitrogens with one attached hydrogen (secondary N) is 1. The van der Waals surface area contributed by atoms with Gasteiger partial charge in [-0.1, -0.05) is 18.2 Å². The number of nitrogens with zero attached hydrogens (tertiary/aromatic N) is 1. The monoisotopic (exact) mass is 446 g/mol. The lowest BCUT2D eigenvalue weighted by Gasteiger charge is -2.31. The molecule has 1 aliphatic rings. The third kappa shape index (κ3) is 6.70. The zero-order valence-corrected chi connectivity index (χ0v) is 18.6. The highest BCUT2D eigenvalue weighted by atomic mass is 32.2. The second kappa shape index (κ2) is 11.2. The van der Waals surface area contributed by atoms with Crippen molar-refractivity contribution in [3.8, 4) is 11.5 Å². The highest BCUT2D eigenvalue weighted by molar-refractivity contribution is 7.89. The van der Waals surface area contributed by atoms with Gasteiger partial charge in [0, 0.05) is 25.6 Å². The Balaban J connectivity index is 1.39. The van der Waals surface area contributed by atoms with Crippen LogP contribution in [0.5, 0.6) is 11.5 Å². The minimum absolute atomic E-state index is 0.00526. The molecule has 0 aromatic heterocycles. The van der Waals surface area contributed by atoms with Gasteiger partial charge in [0.05, 0.1) is 18.1 Å². The fourth-order valence-electron chi connectivity index (χ4n) is 3.50. The molecule has 1 heterocycles. The number of sulfonamides is 1. The van der Waals surface area contributed by atoms with Crippen LogP contribution in [0.4, 0.5) is 0 Å². The van der Waals surface area contributed by atoms with Crippen LogP contribution < -0.4 is 14.8 Å². The SMILES string of the molecule is CCOc1ccc(S(=O)(=O)N2CCC(NC(=O)CCCOc3ccccc3)CC2)cc1. The molecule has 1 fully saturated rings. The van der Waals surface area contributed by atoms with Gasteiger partial charge in [0.1, 0.15) is 11.5 Å². The van der Waals surface area contributed by atoms with Crippen LogP contribution in [0.25, 0.3) is 0 Å². The Kier molecular flexibility index (Phi) is 8.31. The molecule has 31 heavy (non-hydrogen) atoms. The molecule has 3 rings (SSSR count). The van der Waals surface area contributed by atoms with Gasteiger partial charge >= 0.3 is 0 Å². The van der Waals surface area contributed by atoms with Gasteiger partial charge in [-0.25, -0.2) is 8.42 Å². The third-order valence-electron chi connectivity index (χ3n) is 5.15. The predicted octanol–water partition coefficient (Wildman–Crippen LogP) is 3.21. The van der Waals surface area contributed by atoms with Crippen molar-refractivity contribution >= 4 is 15.9 Å². The number of amides is 1. The first-order chi connectivity index (χ1) is 15.0. The van der Waals surface area contributed by atoms with Crippen molar-refractivity contribution in [2.75, 3.05) is 26.3 Å². The minimum atomic E-state index is -3.54. The summed E-state index contributed by atoms with van der Waals surface area (Å²) in [6, 6.07) is 16.0. The number of hydrogen-bond donors (Lipinski definition) is 1. The van der Waals surface area contributed by atoms with E-state index < -0.39 is 10.0 Å². The zero-order valence-electron chi connectivity index (χ0n) is 17.8. The normalized spacial score (nSPS) is 15.4. The summed E-state index contributed by atoms with van der Waals surface area (Å²) in [7, 11) is -3.54. The first-order valence-corrected chi connectivity index (χ1v) is 12.1. The summed E-state index contributed by atoms with van der Waals surface area (Å²) >= 11 is 0. The van der Waals surface area contributed by atoms with Crippen LogP contribution in [0.2, 0.25) is 0 Å². The van der Waals surface area contributed by atoms with Gasteiger partial charge in [0.2, 0.25) is 15.9 Å². The third-order valence-corrected chi connectivity index (χ3v) is 7.06. The maximum atomic E-state index is 12.9. The van der Waals surface area contributed by atoms with Gasteiger partial charge < -0.3 is 14.8 Å². The quantitative estimate of drug-likeness (QED) is 0.567. The van der Waals surface area contributed by atoms with Crippen molar-refractivity contribution in [3.05, 3.63) is 54.6 Å². The highest BCUT2D eigenvalue weighted by Gasteiger charge is 2.29. The van der Waals surface area contributed by atoms with Gasteiger partial charge in [0.25, 0.3) is 0 Å². The summed E-state index contributed by atoms with van der Waals surface area (Å²) in [5, 5.41) is 3.02. The lowest BCUT2D eigenvalue weighted by Crippen LogP contribution is -2.46.